The maximum atomic E-state index is 12.1. The number of hydrogen-bond donors (Lipinski definition) is 2. The van der Waals surface area contributed by atoms with Gasteiger partial charge in [-0.15, -0.1) is 13.2 Å². The summed E-state index contributed by atoms with van der Waals surface area (Å²) in [7, 11) is 0. The van der Waals surface area contributed by atoms with Crippen molar-refractivity contribution in [2.75, 3.05) is 11.9 Å². The number of rotatable bonds is 6. The zero-order valence-corrected chi connectivity index (χ0v) is 12.9. The molecule has 1 unspecified atom stereocenters. The molecule has 0 radical (unpaired) electrons. The van der Waals surface area contributed by atoms with Gasteiger partial charge in [0.15, 0.2) is 0 Å². The molecule has 0 aliphatic rings. The fourth-order valence-electron chi connectivity index (χ4n) is 1.61. The van der Waals surface area contributed by atoms with Crippen LogP contribution in [0, 0.1) is 5.92 Å². The van der Waals surface area contributed by atoms with Crippen molar-refractivity contribution >= 4 is 27.5 Å². The van der Waals surface area contributed by atoms with Gasteiger partial charge in [-0.3, -0.25) is 4.79 Å². The molecule has 1 atom stereocenters. The molecular formula is C13H16BrF3N2O2. The highest BCUT2D eigenvalue weighted by Crippen LogP contribution is 2.32. The van der Waals surface area contributed by atoms with E-state index in [-0.39, 0.29) is 22.0 Å². The lowest BCUT2D eigenvalue weighted by Crippen LogP contribution is -2.21. The number of carbonyl (C=O) groups excluding carboxylic acids is 1. The predicted molar refractivity (Wildman–Crippen MR) is 76.9 cm³/mol. The van der Waals surface area contributed by atoms with Crippen molar-refractivity contribution in [1.29, 1.82) is 0 Å². The molecular weight excluding hydrogens is 353 g/mol. The van der Waals surface area contributed by atoms with E-state index in [4.69, 9.17) is 5.73 Å². The van der Waals surface area contributed by atoms with Gasteiger partial charge in [0.25, 0.3) is 0 Å². The van der Waals surface area contributed by atoms with Crippen LogP contribution in [0.5, 0.6) is 5.75 Å². The molecule has 0 saturated carbocycles. The van der Waals surface area contributed by atoms with Gasteiger partial charge in [0, 0.05) is 11.6 Å². The van der Waals surface area contributed by atoms with Gasteiger partial charge < -0.3 is 15.8 Å². The Kier molecular flexibility index (Phi) is 6.47. The highest BCUT2D eigenvalue weighted by Gasteiger charge is 2.32. The van der Waals surface area contributed by atoms with Crippen LogP contribution in [0.15, 0.2) is 22.7 Å². The maximum Gasteiger partial charge on any atom is 0.573 e. The van der Waals surface area contributed by atoms with Crippen LogP contribution in [0.25, 0.3) is 0 Å². The molecule has 0 aliphatic carbocycles. The number of nitrogens with two attached hydrogens (primary N) is 1. The van der Waals surface area contributed by atoms with Crippen LogP contribution in [-0.4, -0.2) is 18.8 Å². The molecule has 8 heteroatoms. The second-order valence-corrected chi connectivity index (χ2v) is 5.37. The molecule has 4 nitrogen and oxygen atoms in total. The van der Waals surface area contributed by atoms with E-state index in [1.807, 2.05) is 0 Å². The third-order valence-corrected chi connectivity index (χ3v) is 3.33. The summed E-state index contributed by atoms with van der Waals surface area (Å²) in [6, 6.07) is 3.84. The lowest BCUT2D eigenvalue weighted by atomic mass is 10.0. The number of anilines is 1. The van der Waals surface area contributed by atoms with E-state index in [9.17, 15) is 18.0 Å². The molecule has 0 bridgehead atoms. The van der Waals surface area contributed by atoms with E-state index >= 15 is 0 Å². The summed E-state index contributed by atoms with van der Waals surface area (Å²) < 4.78 is 40.3. The van der Waals surface area contributed by atoms with Crippen molar-refractivity contribution in [1.82, 2.24) is 0 Å². The Morgan fingerprint density at radius 3 is 2.67 bits per heavy atom. The Hall–Kier alpha value is -1.28. The minimum absolute atomic E-state index is 0.104. The van der Waals surface area contributed by atoms with E-state index < -0.39 is 6.36 Å². The van der Waals surface area contributed by atoms with E-state index in [1.165, 1.54) is 12.1 Å². The molecule has 21 heavy (non-hydrogen) atoms. The Balaban J connectivity index is 2.69. The van der Waals surface area contributed by atoms with Crippen molar-refractivity contribution in [2.45, 2.75) is 26.1 Å². The standard InChI is InChI=1S/C13H16BrF3N2O2/c1-8(3-2-6-18)12(20)19-9-4-5-11(10(14)7-9)21-13(15,16)17/h4-5,7-8H,2-3,6,18H2,1H3,(H,19,20). The average molecular weight is 369 g/mol. The molecule has 3 N–H and O–H groups in total. The fraction of sp³-hybridized carbons (Fsp3) is 0.462. The maximum absolute atomic E-state index is 12.1. The normalized spacial score (nSPS) is 12.9. The SMILES string of the molecule is CC(CCCN)C(=O)Nc1ccc(OC(F)(F)F)c(Br)c1. The lowest BCUT2D eigenvalue weighted by Gasteiger charge is -2.14. The molecule has 0 saturated heterocycles. The molecule has 0 aliphatic heterocycles. The third-order valence-electron chi connectivity index (χ3n) is 2.71. The second kappa shape index (κ2) is 7.65. The number of benzene rings is 1. The fourth-order valence-corrected chi connectivity index (χ4v) is 2.07. The van der Waals surface area contributed by atoms with Gasteiger partial charge in [-0.1, -0.05) is 6.92 Å². The summed E-state index contributed by atoms with van der Waals surface area (Å²) in [5, 5.41) is 2.63. The van der Waals surface area contributed by atoms with Crippen LogP contribution in [0.4, 0.5) is 18.9 Å². The summed E-state index contributed by atoms with van der Waals surface area (Å²) in [5.74, 6) is -0.796. The zero-order valence-electron chi connectivity index (χ0n) is 11.3. The summed E-state index contributed by atoms with van der Waals surface area (Å²) in [6.07, 6.45) is -3.38. The first-order valence-electron chi connectivity index (χ1n) is 6.29. The van der Waals surface area contributed by atoms with E-state index in [0.29, 0.717) is 18.7 Å². The molecule has 0 spiro atoms. The molecule has 1 rings (SSSR count). The van der Waals surface area contributed by atoms with Gasteiger partial charge >= 0.3 is 6.36 Å². The largest absolute Gasteiger partial charge is 0.573 e. The Morgan fingerprint density at radius 2 is 2.14 bits per heavy atom. The van der Waals surface area contributed by atoms with Crippen LogP contribution >= 0.6 is 15.9 Å². The topological polar surface area (TPSA) is 64.4 Å². The van der Waals surface area contributed by atoms with Crippen molar-refractivity contribution in [3.05, 3.63) is 22.7 Å². The molecule has 1 amide bonds. The van der Waals surface area contributed by atoms with Crippen LogP contribution in [0.2, 0.25) is 0 Å². The second-order valence-electron chi connectivity index (χ2n) is 4.51. The molecule has 1 aromatic rings. The highest BCUT2D eigenvalue weighted by molar-refractivity contribution is 9.10. The van der Waals surface area contributed by atoms with Crippen molar-refractivity contribution in [3.8, 4) is 5.75 Å². The Morgan fingerprint density at radius 1 is 1.48 bits per heavy atom. The molecule has 118 valence electrons. The first kappa shape index (κ1) is 17.8. The third kappa shape index (κ3) is 6.34. The van der Waals surface area contributed by atoms with Crippen molar-refractivity contribution < 1.29 is 22.7 Å². The molecule has 0 aromatic heterocycles. The Labute approximate surface area is 129 Å². The van der Waals surface area contributed by atoms with Gasteiger partial charge in [-0.2, -0.15) is 0 Å². The minimum atomic E-state index is -4.76. The number of carbonyl (C=O) groups is 1. The van der Waals surface area contributed by atoms with E-state index in [2.05, 4.69) is 26.0 Å². The number of nitrogens with one attached hydrogen (secondary N) is 1. The number of alkyl halides is 3. The van der Waals surface area contributed by atoms with Crippen LogP contribution in [-0.2, 0) is 4.79 Å². The zero-order chi connectivity index (χ0) is 16.0. The van der Waals surface area contributed by atoms with Crippen molar-refractivity contribution in [3.63, 3.8) is 0 Å². The van der Waals surface area contributed by atoms with Gasteiger partial charge in [-0.25, -0.2) is 0 Å². The lowest BCUT2D eigenvalue weighted by molar-refractivity contribution is -0.274. The quantitative estimate of drug-likeness (QED) is 0.805. The van der Waals surface area contributed by atoms with Crippen LogP contribution in [0.1, 0.15) is 19.8 Å². The minimum Gasteiger partial charge on any atom is -0.405 e. The first-order valence-corrected chi connectivity index (χ1v) is 7.08. The average Bonchev–Trinajstić information content (AvgIpc) is 2.37. The first-order chi connectivity index (χ1) is 9.73. The smallest absolute Gasteiger partial charge is 0.405 e. The monoisotopic (exact) mass is 368 g/mol. The molecule has 0 heterocycles. The Bertz CT molecular complexity index is 495. The number of halogens is 4. The highest BCUT2D eigenvalue weighted by atomic mass is 79.9. The van der Waals surface area contributed by atoms with Gasteiger partial charge in [0.1, 0.15) is 5.75 Å². The van der Waals surface area contributed by atoms with E-state index in [1.54, 1.807) is 6.92 Å². The molecule has 0 fully saturated rings. The van der Waals surface area contributed by atoms with Crippen LogP contribution in [0.3, 0.4) is 0 Å². The van der Waals surface area contributed by atoms with Crippen LogP contribution < -0.4 is 15.8 Å². The van der Waals surface area contributed by atoms with Crippen molar-refractivity contribution in [2.24, 2.45) is 11.7 Å². The van der Waals surface area contributed by atoms with Gasteiger partial charge in [-0.05, 0) is 53.5 Å². The summed E-state index contributed by atoms with van der Waals surface area (Å²) >= 11 is 2.98. The molecule has 1 aromatic carbocycles. The van der Waals surface area contributed by atoms with E-state index in [0.717, 1.165) is 12.5 Å². The number of ether oxygens (including phenoxy) is 1. The van der Waals surface area contributed by atoms with Gasteiger partial charge in [0.05, 0.1) is 4.47 Å². The number of hydrogen-bond acceptors (Lipinski definition) is 3. The summed E-state index contributed by atoms with van der Waals surface area (Å²) in [5.41, 5.74) is 5.76. The summed E-state index contributed by atoms with van der Waals surface area (Å²) in [4.78, 5) is 11.9. The predicted octanol–water partition coefficient (Wildman–Crippen LogP) is 3.66. The number of amides is 1. The van der Waals surface area contributed by atoms with Gasteiger partial charge in [0.2, 0.25) is 5.91 Å². The summed E-state index contributed by atoms with van der Waals surface area (Å²) in [6.45, 7) is 2.27.